The molecule has 0 aromatic carbocycles. The minimum absolute atomic E-state index is 0.0281. The molecule has 0 spiro atoms. The quantitative estimate of drug-likeness (QED) is 0.785. The van der Waals surface area contributed by atoms with Gasteiger partial charge in [0, 0.05) is 6.04 Å². The van der Waals surface area contributed by atoms with Crippen molar-refractivity contribution in [2.75, 3.05) is 12.3 Å². The van der Waals surface area contributed by atoms with Crippen molar-refractivity contribution >= 4 is 9.84 Å². The molecule has 2 aliphatic carbocycles. The summed E-state index contributed by atoms with van der Waals surface area (Å²) in [4.78, 5) is 0. The second kappa shape index (κ2) is 7.79. The van der Waals surface area contributed by atoms with Crippen molar-refractivity contribution < 1.29 is 8.42 Å². The van der Waals surface area contributed by atoms with Crippen molar-refractivity contribution in [1.82, 2.24) is 5.32 Å². The average Bonchev–Trinajstić information content (AvgIpc) is 2.91. The van der Waals surface area contributed by atoms with E-state index < -0.39 is 9.84 Å². The summed E-state index contributed by atoms with van der Waals surface area (Å²) in [6.45, 7) is 3.25. The van der Waals surface area contributed by atoms with Crippen LogP contribution in [0.25, 0.3) is 0 Å². The van der Waals surface area contributed by atoms with E-state index in [-0.39, 0.29) is 5.25 Å². The van der Waals surface area contributed by atoms with E-state index in [0.29, 0.717) is 17.7 Å². The van der Waals surface area contributed by atoms with Crippen LogP contribution in [0.5, 0.6) is 0 Å². The first kappa shape index (κ1) is 16.3. The Morgan fingerprint density at radius 3 is 2.45 bits per heavy atom. The van der Waals surface area contributed by atoms with Gasteiger partial charge in [0.05, 0.1) is 11.0 Å². The van der Waals surface area contributed by atoms with Crippen LogP contribution in [0.4, 0.5) is 0 Å². The number of hydrogen-bond donors (Lipinski definition) is 1. The number of nitrogens with one attached hydrogen (secondary N) is 1. The molecule has 2 unspecified atom stereocenters. The minimum Gasteiger partial charge on any atom is -0.314 e. The van der Waals surface area contributed by atoms with Crippen LogP contribution in [0.2, 0.25) is 0 Å². The van der Waals surface area contributed by atoms with Crippen LogP contribution < -0.4 is 5.32 Å². The van der Waals surface area contributed by atoms with Crippen LogP contribution in [0.15, 0.2) is 0 Å². The molecular formula is C16H31NO2S. The fourth-order valence-electron chi connectivity index (χ4n) is 3.89. The number of sulfone groups is 1. The lowest BCUT2D eigenvalue weighted by atomic mass is 10.0. The molecule has 1 N–H and O–H groups in total. The Hall–Kier alpha value is -0.0900. The highest BCUT2D eigenvalue weighted by atomic mass is 32.2. The van der Waals surface area contributed by atoms with Gasteiger partial charge in [-0.1, -0.05) is 32.6 Å². The first-order valence-electron chi connectivity index (χ1n) is 8.58. The molecule has 2 saturated carbocycles. The van der Waals surface area contributed by atoms with E-state index in [4.69, 9.17) is 0 Å². The van der Waals surface area contributed by atoms with E-state index in [0.717, 1.165) is 45.1 Å². The summed E-state index contributed by atoms with van der Waals surface area (Å²) in [5, 5.41) is 3.57. The molecule has 0 amide bonds. The lowest BCUT2D eigenvalue weighted by Crippen LogP contribution is -2.35. The van der Waals surface area contributed by atoms with Crippen molar-refractivity contribution in [3.05, 3.63) is 0 Å². The molecule has 118 valence electrons. The highest BCUT2D eigenvalue weighted by Crippen LogP contribution is 2.31. The highest BCUT2D eigenvalue weighted by molar-refractivity contribution is 7.92. The van der Waals surface area contributed by atoms with Gasteiger partial charge in [-0.15, -0.1) is 0 Å². The summed E-state index contributed by atoms with van der Waals surface area (Å²) in [6, 6.07) is 0.566. The van der Waals surface area contributed by atoms with Crippen LogP contribution in [0.3, 0.4) is 0 Å². The van der Waals surface area contributed by atoms with Crippen molar-refractivity contribution in [3.8, 4) is 0 Å². The van der Waals surface area contributed by atoms with Crippen LogP contribution >= 0.6 is 0 Å². The smallest absolute Gasteiger partial charge is 0.153 e. The molecule has 2 fully saturated rings. The third-order valence-electron chi connectivity index (χ3n) is 5.15. The van der Waals surface area contributed by atoms with E-state index in [1.165, 1.54) is 25.7 Å². The molecule has 0 bridgehead atoms. The Morgan fingerprint density at radius 2 is 1.75 bits per heavy atom. The SMILES string of the molecule is CCCNC1CCCC1CCS(=O)(=O)C1CCCCC1. The normalized spacial score (nSPS) is 28.9. The zero-order valence-corrected chi connectivity index (χ0v) is 13.8. The van der Waals surface area contributed by atoms with Gasteiger partial charge < -0.3 is 5.32 Å². The molecule has 0 aromatic rings. The molecule has 3 nitrogen and oxygen atoms in total. The molecule has 0 saturated heterocycles. The van der Waals surface area contributed by atoms with Gasteiger partial charge in [0.15, 0.2) is 9.84 Å². The molecule has 0 aromatic heterocycles. The molecule has 0 heterocycles. The molecule has 4 heteroatoms. The van der Waals surface area contributed by atoms with Gasteiger partial charge in [0.2, 0.25) is 0 Å². The zero-order chi connectivity index (χ0) is 14.4. The van der Waals surface area contributed by atoms with E-state index in [2.05, 4.69) is 12.2 Å². The Kier molecular flexibility index (Phi) is 6.34. The van der Waals surface area contributed by atoms with Crippen molar-refractivity contribution in [3.63, 3.8) is 0 Å². The fourth-order valence-corrected chi connectivity index (χ4v) is 5.90. The maximum absolute atomic E-state index is 12.4. The first-order valence-corrected chi connectivity index (χ1v) is 10.3. The molecule has 0 radical (unpaired) electrons. The maximum Gasteiger partial charge on any atom is 0.153 e. The Balaban J connectivity index is 1.80. The van der Waals surface area contributed by atoms with Crippen LogP contribution in [-0.4, -0.2) is 32.0 Å². The van der Waals surface area contributed by atoms with Gasteiger partial charge in [0.25, 0.3) is 0 Å². The topological polar surface area (TPSA) is 46.2 Å². The van der Waals surface area contributed by atoms with Crippen molar-refractivity contribution in [2.24, 2.45) is 5.92 Å². The van der Waals surface area contributed by atoms with Crippen molar-refractivity contribution in [1.29, 1.82) is 0 Å². The average molecular weight is 301 g/mol. The molecule has 2 aliphatic rings. The third-order valence-corrected chi connectivity index (χ3v) is 7.44. The molecule has 2 rings (SSSR count). The Morgan fingerprint density at radius 1 is 1.00 bits per heavy atom. The summed E-state index contributed by atoms with van der Waals surface area (Å²) in [5.74, 6) is 1.01. The van der Waals surface area contributed by atoms with Crippen molar-refractivity contribution in [2.45, 2.75) is 82.4 Å². The predicted molar refractivity (Wildman–Crippen MR) is 84.7 cm³/mol. The second-order valence-corrected chi connectivity index (χ2v) is 9.07. The fraction of sp³-hybridized carbons (Fsp3) is 1.00. The van der Waals surface area contributed by atoms with Gasteiger partial charge >= 0.3 is 0 Å². The standard InChI is InChI=1S/C16H31NO2S/c1-2-12-17-16-10-6-7-14(16)11-13-20(18,19)15-8-4-3-5-9-15/h14-17H,2-13H2,1H3. The van der Waals surface area contributed by atoms with Crippen LogP contribution in [0, 0.1) is 5.92 Å². The molecule has 0 aliphatic heterocycles. The summed E-state index contributed by atoms with van der Waals surface area (Å²) in [6.07, 6.45) is 11.0. The summed E-state index contributed by atoms with van der Waals surface area (Å²) in [5.41, 5.74) is 0. The van der Waals surface area contributed by atoms with Crippen LogP contribution in [-0.2, 0) is 9.84 Å². The minimum atomic E-state index is -2.84. The summed E-state index contributed by atoms with van der Waals surface area (Å²) < 4.78 is 24.9. The largest absolute Gasteiger partial charge is 0.314 e. The molecular weight excluding hydrogens is 270 g/mol. The predicted octanol–water partition coefficient (Wildman–Crippen LogP) is 3.29. The Labute approximate surface area is 124 Å². The molecule has 20 heavy (non-hydrogen) atoms. The van der Waals surface area contributed by atoms with Crippen LogP contribution in [0.1, 0.15) is 71.1 Å². The van der Waals surface area contributed by atoms with E-state index >= 15 is 0 Å². The monoisotopic (exact) mass is 301 g/mol. The Bertz CT molecular complexity index is 374. The van der Waals surface area contributed by atoms with E-state index in [1.807, 2.05) is 0 Å². The van der Waals surface area contributed by atoms with Gasteiger partial charge in [-0.2, -0.15) is 0 Å². The maximum atomic E-state index is 12.4. The lowest BCUT2D eigenvalue weighted by molar-refractivity contribution is 0.390. The van der Waals surface area contributed by atoms with Gasteiger partial charge in [-0.05, 0) is 51.0 Å². The lowest BCUT2D eigenvalue weighted by Gasteiger charge is -2.24. The number of hydrogen-bond acceptors (Lipinski definition) is 3. The van der Waals surface area contributed by atoms with E-state index in [1.54, 1.807) is 0 Å². The van der Waals surface area contributed by atoms with E-state index in [9.17, 15) is 8.42 Å². The van der Waals surface area contributed by atoms with Gasteiger partial charge in [0.1, 0.15) is 0 Å². The zero-order valence-electron chi connectivity index (χ0n) is 12.9. The summed E-state index contributed by atoms with van der Waals surface area (Å²) >= 11 is 0. The van der Waals surface area contributed by atoms with Gasteiger partial charge in [-0.25, -0.2) is 8.42 Å². The highest BCUT2D eigenvalue weighted by Gasteiger charge is 2.31. The van der Waals surface area contributed by atoms with Gasteiger partial charge in [-0.3, -0.25) is 0 Å². The molecule has 2 atom stereocenters. The first-order chi connectivity index (χ1) is 9.63. The third kappa shape index (κ3) is 4.45. The summed E-state index contributed by atoms with van der Waals surface area (Å²) in [7, 11) is -2.84. The number of rotatable bonds is 7. The second-order valence-electron chi connectivity index (χ2n) is 6.67.